The van der Waals surface area contributed by atoms with Crippen LogP contribution in [-0.4, -0.2) is 47.4 Å². The minimum atomic E-state index is -4.70. The number of carbonyl (C=O) groups is 1. The summed E-state index contributed by atoms with van der Waals surface area (Å²) >= 11 is 5.91. The van der Waals surface area contributed by atoms with Gasteiger partial charge in [0.1, 0.15) is 24.7 Å². The van der Waals surface area contributed by atoms with Crippen LogP contribution in [0.2, 0.25) is 5.02 Å². The highest BCUT2D eigenvalue weighted by molar-refractivity contribution is 7.92. The van der Waals surface area contributed by atoms with Crippen LogP contribution < -0.4 is 19.1 Å². The van der Waals surface area contributed by atoms with Crippen LogP contribution in [0.4, 0.5) is 18.9 Å². The van der Waals surface area contributed by atoms with Crippen LogP contribution in [0.25, 0.3) is 0 Å². The summed E-state index contributed by atoms with van der Waals surface area (Å²) in [7, 11) is -2.57. The Bertz CT molecular complexity index is 1010. The largest absolute Gasteiger partial charge is 0.497 e. The zero-order chi connectivity index (χ0) is 23.2. The molecule has 2 aromatic rings. The highest BCUT2D eigenvalue weighted by Crippen LogP contribution is 2.36. The summed E-state index contributed by atoms with van der Waals surface area (Å²) < 4.78 is 74.2. The Morgan fingerprint density at radius 3 is 2.29 bits per heavy atom. The molecule has 170 valence electrons. The molecule has 12 heteroatoms. The van der Waals surface area contributed by atoms with Gasteiger partial charge >= 0.3 is 6.18 Å². The summed E-state index contributed by atoms with van der Waals surface area (Å²) in [6.45, 7) is -0.623. The zero-order valence-corrected chi connectivity index (χ0v) is 18.1. The predicted molar refractivity (Wildman–Crippen MR) is 110 cm³/mol. The molecule has 1 N–H and O–H groups in total. The van der Waals surface area contributed by atoms with Crippen molar-refractivity contribution in [3.8, 4) is 11.5 Å². The average molecular weight is 481 g/mol. The molecule has 0 saturated carbocycles. The number of hydrogen-bond donors (Lipinski definition) is 1. The number of methoxy groups -OCH3 is 1. The lowest BCUT2D eigenvalue weighted by atomic mass is 10.2. The van der Waals surface area contributed by atoms with E-state index in [4.69, 9.17) is 21.1 Å². The molecule has 0 fully saturated rings. The summed E-state index contributed by atoms with van der Waals surface area (Å²) in [6.07, 6.45) is -3.94. The third kappa shape index (κ3) is 7.21. The number of rotatable bonds is 9. The van der Waals surface area contributed by atoms with Crippen LogP contribution in [0.5, 0.6) is 11.5 Å². The number of alkyl halides is 3. The van der Waals surface area contributed by atoms with Gasteiger partial charge in [-0.25, -0.2) is 8.42 Å². The van der Waals surface area contributed by atoms with Crippen molar-refractivity contribution >= 4 is 33.2 Å². The van der Waals surface area contributed by atoms with Crippen molar-refractivity contribution in [3.63, 3.8) is 0 Å². The van der Waals surface area contributed by atoms with Crippen LogP contribution in [0, 0.1) is 0 Å². The molecule has 0 unspecified atom stereocenters. The molecule has 0 spiro atoms. The van der Waals surface area contributed by atoms with Gasteiger partial charge in [0.25, 0.3) is 0 Å². The fraction of sp³-hybridized carbons (Fsp3) is 0.316. The Kier molecular flexibility index (Phi) is 8.02. The number of anilines is 1. The van der Waals surface area contributed by atoms with Gasteiger partial charge in [-0.3, -0.25) is 9.10 Å². The Labute approximate surface area is 182 Å². The van der Waals surface area contributed by atoms with E-state index in [-0.39, 0.29) is 18.2 Å². The highest BCUT2D eigenvalue weighted by atomic mass is 35.5. The Morgan fingerprint density at radius 2 is 1.74 bits per heavy atom. The first-order chi connectivity index (χ1) is 14.4. The number of hydrogen-bond acceptors (Lipinski definition) is 5. The lowest BCUT2D eigenvalue weighted by Crippen LogP contribution is -2.41. The standard InChI is InChI=1S/C19H20ClF3N2O5S/c1-29-14-4-6-15(7-5-14)30-10-9-24-18(26)12-25(31(2,27)28)17-11-13(19(21,22)23)3-8-16(17)20/h3-8,11H,9-10,12H2,1-2H3,(H,24,26). The Morgan fingerprint density at radius 1 is 1.13 bits per heavy atom. The van der Waals surface area contributed by atoms with Crippen molar-refractivity contribution in [2.75, 3.05) is 37.4 Å². The molecule has 2 rings (SSSR count). The second-order valence-corrected chi connectivity index (χ2v) is 8.62. The maximum atomic E-state index is 13.0. The second-order valence-electron chi connectivity index (χ2n) is 6.31. The lowest BCUT2D eigenvalue weighted by molar-refractivity contribution is -0.137. The number of benzene rings is 2. The molecule has 7 nitrogen and oxygen atoms in total. The summed E-state index contributed by atoms with van der Waals surface area (Å²) in [5.74, 6) is 0.440. The predicted octanol–water partition coefficient (Wildman–Crippen LogP) is 3.33. The molecule has 2 aromatic carbocycles. The number of nitrogens with one attached hydrogen (secondary N) is 1. The van der Waals surface area contributed by atoms with Crippen LogP contribution in [0.3, 0.4) is 0 Å². The van der Waals surface area contributed by atoms with Crippen LogP contribution in [0.1, 0.15) is 5.56 Å². The molecule has 1 amide bonds. The van der Waals surface area contributed by atoms with Crippen molar-refractivity contribution in [2.24, 2.45) is 0 Å². The third-order valence-corrected chi connectivity index (χ3v) is 5.43. The number of halogens is 4. The average Bonchev–Trinajstić information content (AvgIpc) is 2.69. The molecule has 0 atom stereocenters. The van der Waals surface area contributed by atoms with Gasteiger partial charge < -0.3 is 14.8 Å². The van der Waals surface area contributed by atoms with Crippen LogP contribution in [0.15, 0.2) is 42.5 Å². The van der Waals surface area contributed by atoms with E-state index in [1.807, 2.05) is 0 Å². The molecule has 0 aliphatic heterocycles. The van der Waals surface area contributed by atoms with E-state index >= 15 is 0 Å². The smallest absolute Gasteiger partial charge is 0.416 e. The third-order valence-electron chi connectivity index (χ3n) is 3.98. The summed E-state index contributed by atoms with van der Waals surface area (Å²) in [5, 5.41) is 2.21. The van der Waals surface area contributed by atoms with E-state index in [9.17, 15) is 26.4 Å². The Balaban J connectivity index is 2.02. The molecule has 0 bridgehead atoms. The maximum absolute atomic E-state index is 13.0. The number of sulfonamides is 1. The fourth-order valence-electron chi connectivity index (χ4n) is 2.48. The van der Waals surface area contributed by atoms with Crippen molar-refractivity contribution in [2.45, 2.75) is 6.18 Å². The SMILES string of the molecule is COc1ccc(OCCNC(=O)CN(c2cc(C(F)(F)F)ccc2Cl)S(C)(=O)=O)cc1. The quantitative estimate of drug-likeness (QED) is 0.556. The van der Waals surface area contributed by atoms with Gasteiger partial charge in [-0.2, -0.15) is 13.2 Å². The number of nitrogens with zero attached hydrogens (tertiary/aromatic N) is 1. The molecule has 0 aromatic heterocycles. The van der Waals surface area contributed by atoms with E-state index < -0.39 is 39.9 Å². The van der Waals surface area contributed by atoms with Gasteiger partial charge in [0.15, 0.2) is 0 Å². The number of ether oxygens (including phenoxy) is 2. The molecular weight excluding hydrogens is 461 g/mol. The minimum Gasteiger partial charge on any atom is -0.497 e. The van der Waals surface area contributed by atoms with Crippen LogP contribution >= 0.6 is 11.6 Å². The van der Waals surface area contributed by atoms with Crippen molar-refractivity contribution in [3.05, 3.63) is 53.1 Å². The fourth-order valence-corrected chi connectivity index (χ4v) is 3.61. The molecular formula is C19H20ClF3N2O5S. The molecule has 0 saturated heterocycles. The summed E-state index contributed by atoms with van der Waals surface area (Å²) in [5.41, 5.74) is -1.53. The van der Waals surface area contributed by atoms with Gasteiger partial charge in [-0.05, 0) is 42.5 Å². The van der Waals surface area contributed by atoms with E-state index in [0.717, 1.165) is 18.4 Å². The van der Waals surface area contributed by atoms with Crippen molar-refractivity contribution in [1.82, 2.24) is 5.32 Å². The van der Waals surface area contributed by atoms with Crippen LogP contribution in [-0.2, 0) is 21.0 Å². The number of amides is 1. The maximum Gasteiger partial charge on any atom is 0.416 e. The first-order valence-corrected chi connectivity index (χ1v) is 11.0. The first kappa shape index (κ1) is 24.6. The topological polar surface area (TPSA) is 84.9 Å². The van der Waals surface area contributed by atoms with Crippen molar-refractivity contribution < 1.29 is 35.9 Å². The van der Waals surface area contributed by atoms with E-state index in [0.29, 0.717) is 21.9 Å². The minimum absolute atomic E-state index is 0.0405. The van der Waals surface area contributed by atoms with E-state index in [1.165, 1.54) is 7.11 Å². The second kappa shape index (κ2) is 10.1. The summed E-state index contributed by atoms with van der Waals surface area (Å²) in [4.78, 5) is 12.2. The highest BCUT2D eigenvalue weighted by Gasteiger charge is 2.33. The summed E-state index contributed by atoms with van der Waals surface area (Å²) in [6, 6.07) is 8.96. The monoisotopic (exact) mass is 480 g/mol. The van der Waals surface area contributed by atoms with Gasteiger partial charge in [-0.15, -0.1) is 0 Å². The van der Waals surface area contributed by atoms with Gasteiger partial charge in [-0.1, -0.05) is 11.6 Å². The van der Waals surface area contributed by atoms with Crippen molar-refractivity contribution in [1.29, 1.82) is 0 Å². The van der Waals surface area contributed by atoms with Gasteiger partial charge in [0.2, 0.25) is 15.9 Å². The van der Waals surface area contributed by atoms with Gasteiger partial charge in [0, 0.05) is 0 Å². The van der Waals surface area contributed by atoms with E-state index in [2.05, 4.69) is 5.32 Å². The first-order valence-electron chi connectivity index (χ1n) is 8.80. The van der Waals surface area contributed by atoms with Gasteiger partial charge in [0.05, 0.1) is 36.2 Å². The molecule has 0 heterocycles. The van der Waals surface area contributed by atoms with E-state index in [1.54, 1.807) is 24.3 Å². The molecule has 0 aliphatic carbocycles. The molecule has 31 heavy (non-hydrogen) atoms. The molecule has 0 aliphatic rings. The molecule has 0 radical (unpaired) electrons. The zero-order valence-electron chi connectivity index (χ0n) is 16.6. The lowest BCUT2D eigenvalue weighted by Gasteiger charge is -2.24. The normalized spacial score (nSPS) is 11.7. The Hall–Kier alpha value is -2.66. The number of carbonyl (C=O) groups excluding carboxylic acids is 1.